The van der Waals surface area contributed by atoms with E-state index in [1.807, 2.05) is 6.07 Å². The number of esters is 1. The van der Waals surface area contributed by atoms with Crippen molar-refractivity contribution >= 4 is 5.97 Å². The van der Waals surface area contributed by atoms with Gasteiger partial charge in [-0.15, -0.1) is 0 Å². The third-order valence-electron chi connectivity index (χ3n) is 2.79. The van der Waals surface area contributed by atoms with E-state index in [0.717, 1.165) is 5.56 Å². The monoisotopic (exact) mass is 267 g/mol. The average Bonchev–Trinajstić information content (AvgIpc) is 2.89. The minimum absolute atomic E-state index is 0.213. The molecule has 0 bridgehead atoms. The fourth-order valence-electron chi connectivity index (χ4n) is 1.76. The van der Waals surface area contributed by atoms with Gasteiger partial charge in [0.15, 0.2) is 11.5 Å². The van der Waals surface area contributed by atoms with Gasteiger partial charge < -0.3 is 24.7 Å². The standard InChI is InChI=1S/C13H17NO5/c1-16-13(15)3-2-4-17-10-6-12-11(18-8-19-12)5-9(10)7-14/h5-6H,2-4,7-8,14H2,1H3. The van der Waals surface area contributed by atoms with Gasteiger partial charge in [0.05, 0.1) is 13.7 Å². The number of fused-ring (bicyclic) bond motifs is 1. The van der Waals surface area contributed by atoms with Crippen LogP contribution in [0.2, 0.25) is 0 Å². The molecule has 0 atom stereocenters. The van der Waals surface area contributed by atoms with Crippen LogP contribution in [0.4, 0.5) is 0 Å². The molecule has 1 aromatic rings. The fourth-order valence-corrected chi connectivity index (χ4v) is 1.76. The summed E-state index contributed by atoms with van der Waals surface area (Å²) in [6, 6.07) is 3.58. The zero-order chi connectivity index (χ0) is 13.7. The largest absolute Gasteiger partial charge is 0.493 e. The van der Waals surface area contributed by atoms with E-state index < -0.39 is 0 Å². The lowest BCUT2D eigenvalue weighted by atomic mass is 10.1. The molecular weight excluding hydrogens is 250 g/mol. The highest BCUT2D eigenvalue weighted by Gasteiger charge is 2.17. The number of carbonyl (C=O) groups excluding carboxylic acids is 1. The van der Waals surface area contributed by atoms with Gasteiger partial charge in [-0.1, -0.05) is 0 Å². The topological polar surface area (TPSA) is 80.0 Å². The molecule has 1 aliphatic heterocycles. The van der Waals surface area contributed by atoms with Gasteiger partial charge in [0, 0.05) is 24.6 Å². The lowest BCUT2D eigenvalue weighted by Crippen LogP contribution is -2.07. The summed E-state index contributed by atoms with van der Waals surface area (Å²) in [5.74, 6) is 1.76. The molecule has 0 amide bonds. The van der Waals surface area contributed by atoms with Crippen LogP contribution >= 0.6 is 0 Å². The number of methoxy groups -OCH3 is 1. The molecule has 2 N–H and O–H groups in total. The van der Waals surface area contributed by atoms with E-state index in [4.69, 9.17) is 19.9 Å². The molecule has 6 heteroatoms. The van der Waals surface area contributed by atoms with E-state index in [0.29, 0.717) is 43.2 Å². The highest BCUT2D eigenvalue weighted by atomic mass is 16.7. The van der Waals surface area contributed by atoms with Crippen molar-refractivity contribution in [1.29, 1.82) is 0 Å². The third-order valence-corrected chi connectivity index (χ3v) is 2.79. The Hall–Kier alpha value is -1.95. The summed E-state index contributed by atoms with van der Waals surface area (Å²) >= 11 is 0. The Morgan fingerprint density at radius 1 is 1.37 bits per heavy atom. The molecule has 1 aliphatic rings. The highest BCUT2D eigenvalue weighted by Crippen LogP contribution is 2.38. The normalized spacial score (nSPS) is 12.3. The summed E-state index contributed by atoms with van der Waals surface area (Å²) in [5.41, 5.74) is 6.52. The molecule has 104 valence electrons. The Labute approximate surface area is 111 Å². The molecule has 0 radical (unpaired) electrons. The van der Waals surface area contributed by atoms with Crippen LogP contribution in [0, 0.1) is 0 Å². The lowest BCUT2D eigenvalue weighted by Gasteiger charge is -2.11. The minimum Gasteiger partial charge on any atom is -0.493 e. The van der Waals surface area contributed by atoms with Crippen molar-refractivity contribution in [3.63, 3.8) is 0 Å². The molecule has 19 heavy (non-hydrogen) atoms. The van der Waals surface area contributed by atoms with Gasteiger partial charge in [-0.05, 0) is 12.5 Å². The second-order valence-corrected chi connectivity index (χ2v) is 4.05. The second-order valence-electron chi connectivity index (χ2n) is 4.05. The van der Waals surface area contributed by atoms with Crippen LogP contribution in [0.25, 0.3) is 0 Å². The van der Waals surface area contributed by atoms with Crippen LogP contribution in [-0.4, -0.2) is 26.5 Å². The van der Waals surface area contributed by atoms with E-state index >= 15 is 0 Å². The number of nitrogens with two attached hydrogens (primary N) is 1. The first kappa shape index (κ1) is 13.5. The van der Waals surface area contributed by atoms with E-state index in [9.17, 15) is 4.79 Å². The number of hydrogen-bond donors (Lipinski definition) is 1. The smallest absolute Gasteiger partial charge is 0.305 e. The van der Waals surface area contributed by atoms with Crippen LogP contribution in [0.1, 0.15) is 18.4 Å². The Bertz CT molecular complexity index is 461. The minimum atomic E-state index is -0.242. The molecule has 0 spiro atoms. The second kappa shape index (κ2) is 6.29. The summed E-state index contributed by atoms with van der Waals surface area (Å²) < 4.78 is 20.7. The van der Waals surface area contributed by atoms with Crippen LogP contribution < -0.4 is 19.9 Å². The van der Waals surface area contributed by atoms with Crippen molar-refractivity contribution in [3.05, 3.63) is 17.7 Å². The molecule has 0 fully saturated rings. The molecule has 0 saturated carbocycles. The molecule has 0 aliphatic carbocycles. The summed E-state index contributed by atoms with van der Waals surface area (Å²) in [4.78, 5) is 11.0. The molecule has 6 nitrogen and oxygen atoms in total. The number of rotatable bonds is 6. The summed E-state index contributed by atoms with van der Waals surface area (Å²) in [6.45, 7) is 0.982. The van der Waals surface area contributed by atoms with Gasteiger partial charge >= 0.3 is 5.97 Å². The maximum Gasteiger partial charge on any atom is 0.305 e. The SMILES string of the molecule is COC(=O)CCCOc1cc2c(cc1CN)OCO2. The average molecular weight is 267 g/mol. The maximum atomic E-state index is 11.0. The molecular formula is C13H17NO5. The zero-order valence-corrected chi connectivity index (χ0v) is 10.8. The van der Waals surface area contributed by atoms with Crippen LogP contribution in [0.3, 0.4) is 0 Å². The van der Waals surface area contributed by atoms with Crippen molar-refractivity contribution in [2.45, 2.75) is 19.4 Å². The van der Waals surface area contributed by atoms with Crippen LogP contribution in [-0.2, 0) is 16.1 Å². The van der Waals surface area contributed by atoms with Gasteiger partial charge in [0.1, 0.15) is 5.75 Å². The summed E-state index contributed by atoms with van der Waals surface area (Å²) in [7, 11) is 1.37. The van der Waals surface area contributed by atoms with E-state index in [2.05, 4.69) is 4.74 Å². The molecule has 0 unspecified atom stereocenters. The van der Waals surface area contributed by atoms with Crippen LogP contribution in [0.15, 0.2) is 12.1 Å². The van der Waals surface area contributed by atoms with Crippen molar-refractivity contribution in [3.8, 4) is 17.2 Å². The van der Waals surface area contributed by atoms with Gasteiger partial charge in [-0.2, -0.15) is 0 Å². The van der Waals surface area contributed by atoms with Crippen molar-refractivity contribution in [2.24, 2.45) is 5.73 Å². The molecule has 2 rings (SSSR count). The maximum absolute atomic E-state index is 11.0. The molecule has 0 saturated heterocycles. The Balaban J connectivity index is 1.94. The van der Waals surface area contributed by atoms with E-state index in [-0.39, 0.29) is 12.8 Å². The fraction of sp³-hybridized carbons (Fsp3) is 0.462. The summed E-state index contributed by atoms with van der Waals surface area (Å²) in [5, 5.41) is 0. The van der Waals surface area contributed by atoms with Crippen LogP contribution in [0.5, 0.6) is 17.2 Å². The predicted octanol–water partition coefficient (Wildman–Crippen LogP) is 1.21. The first-order valence-corrected chi connectivity index (χ1v) is 6.06. The first-order chi connectivity index (χ1) is 9.24. The Morgan fingerprint density at radius 2 is 2.11 bits per heavy atom. The van der Waals surface area contributed by atoms with Gasteiger partial charge in [-0.25, -0.2) is 0 Å². The molecule has 0 aromatic heterocycles. The van der Waals surface area contributed by atoms with Crippen molar-refractivity contribution in [1.82, 2.24) is 0 Å². The predicted molar refractivity (Wildman–Crippen MR) is 67.2 cm³/mol. The molecule has 1 heterocycles. The quantitative estimate of drug-likeness (QED) is 0.616. The van der Waals surface area contributed by atoms with E-state index in [1.54, 1.807) is 6.07 Å². The molecule has 1 aromatic carbocycles. The van der Waals surface area contributed by atoms with Crippen molar-refractivity contribution < 1.29 is 23.7 Å². The van der Waals surface area contributed by atoms with Gasteiger partial charge in [-0.3, -0.25) is 4.79 Å². The Kier molecular flexibility index (Phi) is 4.46. The van der Waals surface area contributed by atoms with E-state index in [1.165, 1.54) is 7.11 Å². The van der Waals surface area contributed by atoms with Gasteiger partial charge in [0.2, 0.25) is 6.79 Å². The first-order valence-electron chi connectivity index (χ1n) is 6.06. The Morgan fingerprint density at radius 3 is 2.79 bits per heavy atom. The van der Waals surface area contributed by atoms with Crippen molar-refractivity contribution in [2.75, 3.05) is 20.5 Å². The lowest BCUT2D eigenvalue weighted by molar-refractivity contribution is -0.140. The number of ether oxygens (including phenoxy) is 4. The zero-order valence-electron chi connectivity index (χ0n) is 10.8. The number of hydrogen-bond acceptors (Lipinski definition) is 6. The highest BCUT2D eigenvalue weighted by molar-refractivity contribution is 5.69. The van der Waals surface area contributed by atoms with Gasteiger partial charge in [0.25, 0.3) is 0 Å². The third kappa shape index (κ3) is 3.29. The number of carbonyl (C=O) groups is 1. The number of benzene rings is 1. The summed E-state index contributed by atoms with van der Waals surface area (Å²) in [6.07, 6.45) is 0.921.